The van der Waals surface area contributed by atoms with Crippen LogP contribution in [0.4, 0.5) is 17.3 Å². The van der Waals surface area contributed by atoms with Crippen molar-refractivity contribution in [1.82, 2.24) is 9.97 Å². The maximum absolute atomic E-state index is 5.39. The summed E-state index contributed by atoms with van der Waals surface area (Å²) in [5.74, 6) is 6.72. The van der Waals surface area contributed by atoms with Crippen molar-refractivity contribution in [2.45, 2.75) is 13.8 Å². The third-order valence-corrected chi connectivity index (χ3v) is 3.25. The first kappa shape index (κ1) is 12.8. The SMILES string of the molecule is Cc1ccc(Nc2ncnc(NN)c2C)c(Br)c1. The lowest BCUT2D eigenvalue weighted by Crippen LogP contribution is -2.11. The molecule has 5 nitrogen and oxygen atoms in total. The van der Waals surface area contributed by atoms with Crippen LogP contribution in [0.3, 0.4) is 0 Å². The number of aryl methyl sites for hydroxylation is 1. The van der Waals surface area contributed by atoms with Gasteiger partial charge in [0.1, 0.15) is 18.0 Å². The van der Waals surface area contributed by atoms with Gasteiger partial charge >= 0.3 is 0 Å². The topological polar surface area (TPSA) is 75.9 Å². The molecule has 0 amide bonds. The lowest BCUT2D eigenvalue weighted by atomic mass is 10.2. The van der Waals surface area contributed by atoms with E-state index in [1.165, 1.54) is 11.9 Å². The molecule has 1 heterocycles. The smallest absolute Gasteiger partial charge is 0.148 e. The van der Waals surface area contributed by atoms with Gasteiger partial charge in [-0.3, -0.25) is 0 Å². The van der Waals surface area contributed by atoms with Gasteiger partial charge in [0.2, 0.25) is 0 Å². The molecule has 0 spiro atoms. The van der Waals surface area contributed by atoms with Crippen molar-refractivity contribution in [3.05, 3.63) is 40.1 Å². The highest BCUT2D eigenvalue weighted by Gasteiger charge is 2.07. The number of rotatable bonds is 3. The molecule has 0 fully saturated rings. The molecule has 94 valence electrons. The molecule has 1 aromatic heterocycles. The number of benzene rings is 1. The van der Waals surface area contributed by atoms with Crippen LogP contribution in [0.25, 0.3) is 0 Å². The molecule has 0 unspecified atom stereocenters. The van der Waals surface area contributed by atoms with Crippen LogP contribution >= 0.6 is 15.9 Å². The Kier molecular flexibility index (Phi) is 3.78. The monoisotopic (exact) mass is 307 g/mol. The number of hydrogen-bond donors (Lipinski definition) is 3. The molecule has 0 bridgehead atoms. The van der Waals surface area contributed by atoms with Gasteiger partial charge in [-0.2, -0.15) is 0 Å². The molecule has 2 rings (SSSR count). The predicted octanol–water partition coefficient (Wildman–Crippen LogP) is 2.89. The summed E-state index contributed by atoms with van der Waals surface area (Å²) in [5.41, 5.74) is 5.55. The number of nitrogens with zero attached hydrogens (tertiary/aromatic N) is 2. The maximum Gasteiger partial charge on any atom is 0.148 e. The number of hydrogen-bond acceptors (Lipinski definition) is 5. The number of aromatic nitrogens is 2. The molecule has 6 heteroatoms. The lowest BCUT2D eigenvalue weighted by molar-refractivity contribution is 1.10. The van der Waals surface area contributed by atoms with E-state index in [0.29, 0.717) is 5.82 Å². The molecule has 0 aliphatic heterocycles. The highest BCUT2D eigenvalue weighted by Crippen LogP contribution is 2.28. The summed E-state index contributed by atoms with van der Waals surface area (Å²) in [4.78, 5) is 8.24. The molecule has 2 aromatic rings. The Morgan fingerprint density at radius 1 is 1.17 bits per heavy atom. The largest absolute Gasteiger partial charge is 0.339 e. The standard InChI is InChI=1S/C12H14BrN5/c1-7-3-4-10(9(13)5-7)17-11-8(2)12(18-14)16-6-15-11/h3-6H,14H2,1-2H3,(H2,15,16,17,18). The number of nitrogens with one attached hydrogen (secondary N) is 2. The number of anilines is 3. The van der Waals surface area contributed by atoms with Gasteiger partial charge in [-0.15, -0.1) is 0 Å². The van der Waals surface area contributed by atoms with E-state index in [1.807, 2.05) is 32.0 Å². The maximum atomic E-state index is 5.39. The van der Waals surface area contributed by atoms with Crippen molar-refractivity contribution in [1.29, 1.82) is 0 Å². The van der Waals surface area contributed by atoms with Crippen LogP contribution in [0, 0.1) is 13.8 Å². The fraction of sp³-hybridized carbons (Fsp3) is 0.167. The number of nitrogens with two attached hydrogens (primary N) is 1. The first-order valence-electron chi connectivity index (χ1n) is 5.43. The predicted molar refractivity (Wildman–Crippen MR) is 76.7 cm³/mol. The Morgan fingerprint density at radius 3 is 2.56 bits per heavy atom. The molecule has 0 saturated heterocycles. The van der Waals surface area contributed by atoms with Crippen molar-refractivity contribution in [2.75, 3.05) is 10.7 Å². The Balaban J connectivity index is 2.34. The number of nitrogen functional groups attached to an aromatic ring is 1. The number of halogens is 1. The zero-order valence-electron chi connectivity index (χ0n) is 10.2. The van der Waals surface area contributed by atoms with Crippen LogP contribution in [0.2, 0.25) is 0 Å². The van der Waals surface area contributed by atoms with Gasteiger partial charge in [0, 0.05) is 10.0 Å². The summed E-state index contributed by atoms with van der Waals surface area (Å²) in [6, 6.07) is 6.07. The summed E-state index contributed by atoms with van der Waals surface area (Å²) in [7, 11) is 0. The van der Waals surface area contributed by atoms with Gasteiger partial charge in [-0.05, 0) is 47.5 Å². The second kappa shape index (κ2) is 5.32. The minimum Gasteiger partial charge on any atom is -0.339 e. The second-order valence-electron chi connectivity index (χ2n) is 3.95. The van der Waals surface area contributed by atoms with E-state index in [0.717, 1.165) is 21.5 Å². The van der Waals surface area contributed by atoms with E-state index < -0.39 is 0 Å². The fourth-order valence-corrected chi connectivity index (χ4v) is 2.16. The molecule has 1 aromatic carbocycles. The van der Waals surface area contributed by atoms with Crippen molar-refractivity contribution in [2.24, 2.45) is 5.84 Å². The van der Waals surface area contributed by atoms with Crippen LogP contribution < -0.4 is 16.6 Å². The van der Waals surface area contributed by atoms with Gasteiger partial charge in [0.15, 0.2) is 0 Å². The van der Waals surface area contributed by atoms with Crippen molar-refractivity contribution in [3.63, 3.8) is 0 Å². The van der Waals surface area contributed by atoms with Crippen LogP contribution in [0.15, 0.2) is 29.0 Å². The Labute approximate surface area is 114 Å². The van der Waals surface area contributed by atoms with E-state index in [1.54, 1.807) is 0 Å². The van der Waals surface area contributed by atoms with Gasteiger partial charge in [-0.25, -0.2) is 15.8 Å². The van der Waals surface area contributed by atoms with Crippen LogP contribution in [-0.2, 0) is 0 Å². The number of hydrazine groups is 1. The average Bonchev–Trinajstić information content (AvgIpc) is 2.35. The minimum absolute atomic E-state index is 0.607. The zero-order chi connectivity index (χ0) is 13.1. The van der Waals surface area contributed by atoms with E-state index in [-0.39, 0.29) is 0 Å². The summed E-state index contributed by atoms with van der Waals surface area (Å²) in [6.07, 6.45) is 1.46. The highest BCUT2D eigenvalue weighted by atomic mass is 79.9. The third-order valence-electron chi connectivity index (χ3n) is 2.60. The highest BCUT2D eigenvalue weighted by molar-refractivity contribution is 9.10. The van der Waals surface area contributed by atoms with E-state index in [9.17, 15) is 0 Å². The second-order valence-corrected chi connectivity index (χ2v) is 4.80. The molecule has 18 heavy (non-hydrogen) atoms. The molecule has 0 aliphatic carbocycles. The Bertz CT molecular complexity index is 570. The Morgan fingerprint density at radius 2 is 1.89 bits per heavy atom. The summed E-state index contributed by atoms with van der Waals surface area (Å²) < 4.78 is 0.989. The molecular weight excluding hydrogens is 294 g/mol. The first-order chi connectivity index (χ1) is 8.61. The van der Waals surface area contributed by atoms with Crippen molar-refractivity contribution < 1.29 is 0 Å². The quantitative estimate of drug-likeness (QED) is 0.600. The van der Waals surface area contributed by atoms with E-state index in [4.69, 9.17) is 5.84 Å². The molecule has 4 N–H and O–H groups in total. The minimum atomic E-state index is 0.607. The third kappa shape index (κ3) is 2.60. The van der Waals surface area contributed by atoms with Gasteiger partial charge < -0.3 is 10.7 Å². The van der Waals surface area contributed by atoms with Crippen molar-refractivity contribution in [3.8, 4) is 0 Å². The Hall–Kier alpha value is -1.66. The van der Waals surface area contributed by atoms with Crippen LogP contribution in [0.5, 0.6) is 0 Å². The van der Waals surface area contributed by atoms with Gasteiger partial charge in [-0.1, -0.05) is 6.07 Å². The summed E-state index contributed by atoms with van der Waals surface area (Å²) >= 11 is 3.52. The normalized spacial score (nSPS) is 10.2. The van der Waals surface area contributed by atoms with E-state index >= 15 is 0 Å². The first-order valence-corrected chi connectivity index (χ1v) is 6.22. The lowest BCUT2D eigenvalue weighted by Gasteiger charge is -2.12. The summed E-state index contributed by atoms with van der Waals surface area (Å²) in [5, 5.41) is 3.25. The fourth-order valence-electron chi connectivity index (χ4n) is 1.57. The molecule has 0 saturated carbocycles. The molecule has 0 radical (unpaired) electrons. The average molecular weight is 308 g/mol. The summed E-state index contributed by atoms with van der Waals surface area (Å²) in [6.45, 7) is 3.94. The van der Waals surface area contributed by atoms with Gasteiger partial charge in [0.05, 0.1) is 5.69 Å². The van der Waals surface area contributed by atoms with Crippen molar-refractivity contribution >= 4 is 33.3 Å². The van der Waals surface area contributed by atoms with Gasteiger partial charge in [0.25, 0.3) is 0 Å². The molecule has 0 aliphatic rings. The van der Waals surface area contributed by atoms with Crippen LogP contribution in [0.1, 0.15) is 11.1 Å². The van der Waals surface area contributed by atoms with E-state index in [2.05, 4.69) is 36.6 Å². The van der Waals surface area contributed by atoms with Crippen LogP contribution in [-0.4, -0.2) is 9.97 Å². The zero-order valence-corrected chi connectivity index (χ0v) is 11.7. The molecular formula is C12H14BrN5. The molecule has 0 atom stereocenters.